The van der Waals surface area contributed by atoms with Crippen LogP contribution in [0.15, 0.2) is 60.7 Å². The lowest BCUT2D eigenvalue weighted by molar-refractivity contribution is -0.136. The number of fused-ring (bicyclic) bond motifs is 2. The van der Waals surface area contributed by atoms with Crippen LogP contribution in [0.1, 0.15) is 46.5 Å². The van der Waals surface area contributed by atoms with Crippen LogP contribution in [0.3, 0.4) is 0 Å². The molecular formula is C28H33NO2Si. The number of nitrogens with zero attached hydrogens (tertiary/aromatic N) is 1. The number of benzene rings is 2. The van der Waals surface area contributed by atoms with Gasteiger partial charge in [-0.3, -0.25) is 4.79 Å². The van der Waals surface area contributed by atoms with Gasteiger partial charge in [0.2, 0.25) is 5.91 Å². The van der Waals surface area contributed by atoms with Gasteiger partial charge in [0, 0.05) is 17.9 Å². The van der Waals surface area contributed by atoms with Crippen LogP contribution in [0.25, 0.3) is 0 Å². The monoisotopic (exact) mass is 443 g/mol. The topological polar surface area (TPSA) is 29.5 Å². The molecule has 2 aromatic rings. The van der Waals surface area contributed by atoms with Gasteiger partial charge in [0.15, 0.2) is 0 Å². The third-order valence-corrected chi connectivity index (χ3v) is 12.8. The second-order valence-electron chi connectivity index (χ2n) is 10.7. The van der Waals surface area contributed by atoms with Gasteiger partial charge in [-0.05, 0) is 41.1 Å². The van der Waals surface area contributed by atoms with Crippen molar-refractivity contribution in [2.45, 2.75) is 69.7 Å². The van der Waals surface area contributed by atoms with Crippen LogP contribution in [-0.4, -0.2) is 37.3 Å². The van der Waals surface area contributed by atoms with Gasteiger partial charge in [0.05, 0.1) is 12.1 Å². The van der Waals surface area contributed by atoms with Crippen LogP contribution in [0.2, 0.25) is 5.04 Å². The van der Waals surface area contributed by atoms with E-state index in [0.717, 1.165) is 25.7 Å². The average molecular weight is 444 g/mol. The lowest BCUT2D eigenvalue weighted by atomic mass is 9.96. The van der Waals surface area contributed by atoms with Crippen LogP contribution in [0, 0.1) is 24.2 Å². The largest absolute Gasteiger partial charge is 0.404 e. The number of hydrogen-bond donors (Lipinski definition) is 0. The van der Waals surface area contributed by atoms with Crippen LogP contribution < -0.4 is 10.4 Å². The molecule has 2 saturated carbocycles. The number of terminal acetylenes is 1. The number of likely N-dealkylation sites (tertiary alicyclic amines) is 1. The third-order valence-electron chi connectivity index (χ3n) is 7.72. The van der Waals surface area contributed by atoms with Gasteiger partial charge in [0.1, 0.15) is 0 Å². The average Bonchev–Trinajstić information content (AvgIpc) is 3.48. The van der Waals surface area contributed by atoms with E-state index in [-0.39, 0.29) is 41.0 Å². The molecule has 4 heteroatoms. The molecule has 2 aliphatic carbocycles. The van der Waals surface area contributed by atoms with Gasteiger partial charge in [-0.15, -0.1) is 6.42 Å². The molecule has 1 saturated heterocycles. The fourth-order valence-electron chi connectivity index (χ4n) is 6.11. The number of hydrogen-bond acceptors (Lipinski definition) is 2. The zero-order valence-electron chi connectivity index (χ0n) is 19.3. The number of carbonyl (C=O) groups excluding carboxylic acids is 1. The fourth-order valence-corrected chi connectivity index (χ4v) is 10.9. The minimum atomic E-state index is -2.62. The summed E-state index contributed by atoms with van der Waals surface area (Å²) in [4.78, 5) is 15.0. The van der Waals surface area contributed by atoms with Crippen LogP contribution >= 0.6 is 0 Å². The summed E-state index contributed by atoms with van der Waals surface area (Å²) in [7, 11) is -2.62. The number of piperidine rings is 1. The van der Waals surface area contributed by atoms with E-state index in [4.69, 9.17) is 10.8 Å². The van der Waals surface area contributed by atoms with Crippen molar-refractivity contribution in [2.75, 3.05) is 0 Å². The summed E-state index contributed by atoms with van der Waals surface area (Å²) in [5.41, 5.74) is 0. The van der Waals surface area contributed by atoms with E-state index >= 15 is 0 Å². The summed E-state index contributed by atoms with van der Waals surface area (Å²) >= 11 is 0. The molecule has 2 bridgehead atoms. The van der Waals surface area contributed by atoms with E-state index < -0.39 is 8.32 Å². The lowest BCUT2D eigenvalue weighted by Gasteiger charge is -2.47. The Bertz CT molecular complexity index is 979. The summed E-state index contributed by atoms with van der Waals surface area (Å²) in [5.74, 6) is 3.69. The second kappa shape index (κ2) is 7.90. The first kappa shape index (κ1) is 21.5. The first-order valence-electron chi connectivity index (χ1n) is 11.9. The zero-order chi connectivity index (χ0) is 22.5. The summed E-state index contributed by atoms with van der Waals surface area (Å²) in [6.07, 6.45) is 10.00. The van der Waals surface area contributed by atoms with Crippen molar-refractivity contribution < 1.29 is 9.22 Å². The molecule has 4 atom stereocenters. The van der Waals surface area contributed by atoms with Crippen molar-refractivity contribution in [3.8, 4) is 12.3 Å². The smallest absolute Gasteiger partial charge is 0.261 e. The van der Waals surface area contributed by atoms with Crippen molar-refractivity contribution in [2.24, 2.45) is 11.8 Å². The van der Waals surface area contributed by atoms with Gasteiger partial charge >= 0.3 is 0 Å². The van der Waals surface area contributed by atoms with Gasteiger partial charge in [-0.2, -0.15) is 0 Å². The van der Waals surface area contributed by atoms with Crippen molar-refractivity contribution in [3.05, 3.63) is 60.7 Å². The zero-order valence-corrected chi connectivity index (χ0v) is 20.3. The van der Waals surface area contributed by atoms with E-state index in [1.807, 2.05) is 4.90 Å². The molecule has 0 unspecified atom stereocenters. The minimum absolute atomic E-state index is 0.0628. The van der Waals surface area contributed by atoms with Gasteiger partial charge < -0.3 is 9.33 Å². The Balaban J connectivity index is 1.54. The maximum atomic E-state index is 13.0. The van der Waals surface area contributed by atoms with Crippen molar-refractivity contribution in [1.29, 1.82) is 0 Å². The number of rotatable bonds is 5. The highest BCUT2D eigenvalue weighted by molar-refractivity contribution is 6.99. The maximum Gasteiger partial charge on any atom is 0.261 e. The van der Waals surface area contributed by atoms with Crippen LogP contribution in [-0.2, 0) is 9.22 Å². The first-order chi connectivity index (χ1) is 15.4. The molecule has 5 rings (SSSR count). The Hall–Kier alpha value is -2.35. The van der Waals surface area contributed by atoms with Crippen LogP contribution in [0.4, 0.5) is 0 Å². The molecule has 3 aliphatic rings. The Kier molecular flexibility index (Phi) is 5.31. The predicted octanol–water partition coefficient (Wildman–Crippen LogP) is 3.96. The molecule has 0 aromatic heterocycles. The summed E-state index contributed by atoms with van der Waals surface area (Å²) in [6.45, 7) is 6.94. The van der Waals surface area contributed by atoms with Crippen molar-refractivity contribution in [1.82, 2.24) is 4.90 Å². The Labute approximate surface area is 193 Å². The minimum Gasteiger partial charge on any atom is -0.404 e. The summed E-state index contributed by atoms with van der Waals surface area (Å²) in [6, 6.07) is 21.7. The standard InChI is InChI=1S/C28H33NO2Si/c1-5-25-24-18-21(29(25)27(30)20-16-17-20)19-26(24)31-32(28(2,3)4,22-12-8-6-9-13-22)23-14-10-7-11-15-23/h1,6-15,20-21,24-26H,16-19H2,2-4H3/t21-,24-,25+,26-/m1/s1. The SMILES string of the molecule is C#C[C@H]1[C@H]2C[C@H](C[C@H]2O[Si](c2ccccc2)(c2ccccc2)C(C)(C)C)N1C(=O)C1CC1. The van der Waals surface area contributed by atoms with E-state index in [2.05, 4.69) is 87.4 Å². The molecule has 32 heavy (non-hydrogen) atoms. The second-order valence-corrected chi connectivity index (χ2v) is 15.0. The first-order valence-corrected chi connectivity index (χ1v) is 13.8. The predicted molar refractivity (Wildman–Crippen MR) is 131 cm³/mol. The fraction of sp³-hybridized carbons (Fsp3) is 0.464. The molecular weight excluding hydrogens is 410 g/mol. The molecule has 0 radical (unpaired) electrons. The number of amides is 1. The van der Waals surface area contributed by atoms with E-state index in [0.29, 0.717) is 0 Å². The lowest BCUT2D eigenvalue weighted by Crippen LogP contribution is -2.68. The van der Waals surface area contributed by atoms with Gasteiger partial charge in [0.25, 0.3) is 8.32 Å². The number of carbonyl (C=O) groups is 1. The summed E-state index contributed by atoms with van der Waals surface area (Å²) in [5, 5.41) is 2.53. The quantitative estimate of drug-likeness (QED) is 0.517. The molecule has 3 nitrogen and oxygen atoms in total. The molecule has 0 spiro atoms. The van der Waals surface area contributed by atoms with Crippen LogP contribution in [0.5, 0.6) is 0 Å². The third kappa shape index (κ3) is 3.34. The summed E-state index contributed by atoms with van der Waals surface area (Å²) < 4.78 is 7.41. The van der Waals surface area contributed by atoms with Gasteiger partial charge in [-0.1, -0.05) is 87.4 Å². The van der Waals surface area contributed by atoms with E-state index in [1.54, 1.807) is 0 Å². The molecule has 0 N–H and O–H groups in total. The highest BCUT2D eigenvalue weighted by atomic mass is 28.4. The molecule has 1 heterocycles. The Morgan fingerprint density at radius 2 is 1.56 bits per heavy atom. The molecule has 1 amide bonds. The molecule has 3 fully saturated rings. The van der Waals surface area contributed by atoms with E-state index in [9.17, 15) is 4.79 Å². The van der Waals surface area contributed by atoms with Gasteiger partial charge in [-0.25, -0.2) is 0 Å². The van der Waals surface area contributed by atoms with Crippen molar-refractivity contribution >= 4 is 24.6 Å². The normalized spacial score (nSPS) is 27.4. The molecule has 2 aromatic carbocycles. The van der Waals surface area contributed by atoms with Crippen molar-refractivity contribution in [3.63, 3.8) is 0 Å². The maximum absolute atomic E-state index is 13.0. The Morgan fingerprint density at radius 1 is 1.00 bits per heavy atom. The van der Waals surface area contributed by atoms with E-state index in [1.165, 1.54) is 10.4 Å². The molecule has 1 aliphatic heterocycles. The Morgan fingerprint density at radius 3 is 2.03 bits per heavy atom. The highest BCUT2D eigenvalue weighted by Gasteiger charge is 2.59. The molecule has 166 valence electrons. The highest BCUT2D eigenvalue weighted by Crippen LogP contribution is 2.49.